The van der Waals surface area contributed by atoms with Gasteiger partial charge in [0.1, 0.15) is 5.69 Å². The Hall–Kier alpha value is -3.73. The lowest BCUT2D eigenvalue weighted by molar-refractivity contribution is 0.0784. The molecule has 8 nitrogen and oxygen atoms in total. The molecule has 1 aliphatic carbocycles. The average molecular weight is 499 g/mol. The van der Waals surface area contributed by atoms with E-state index in [-0.39, 0.29) is 46.4 Å². The molecule has 4 N–H and O–H groups in total. The van der Waals surface area contributed by atoms with Gasteiger partial charge in [-0.3, -0.25) is 4.79 Å². The first kappa shape index (κ1) is 24.0. The summed E-state index contributed by atoms with van der Waals surface area (Å²) in [6.07, 6.45) is 4.70. The third kappa shape index (κ3) is 4.46. The van der Waals surface area contributed by atoms with E-state index in [0.717, 1.165) is 31.7 Å². The molecule has 3 aromatic rings. The van der Waals surface area contributed by atoms with Crippen LogP contribution in [0.2, 0.25) is 0 Å². The van der Waals surface area contributed by atoms with Crippen molar-refractivity contribution in [3.05, 3.63) is 53.6 Å². The first-order chi connectivity index (χ1) is 17.3. The maximum atomic E-state index is 15.7. The minimum Gasteiger partial charge on any atom is -0.476 e. The number of anilines is 1. The standard InChI is InChI=1S/C25H25F3N6O2/c1-2-36-24-16(26)9-13(11-30-24)19-10-15(23(35)34-25-7-5-14(6-8-25)31-12-25)20(27)21(32-19)18-4-3-17(29)22(28)33-18/h3-4,9-11,14,31H,2,5-8,12,29H2,1H3,(H,34,35). The van der Waals surface area contributed by atoms with Crippen molar-refractivity contribution in [3.8, 4) is 28.5 Å². The fraction of sp³-hybridized carbons (Fsp3) is 0.360. The van der Waals surface area contributed by atoms with Crippen molar-refractivity contribution in [1.82, 2.24) is 25.6 Å². The maximum absolute atomic E-state index is 15.7. The highest BCUT2D eigenvalue weighted by atomic mass is 19.1. The van der Waals surface area contributed by atoms with Crippen molar-refractivity contribution in [1.29, 1.82) is 0 Å². The van der Waals surface area contributed by atoms with Crippen LogP contribution in [0.4, 0.5) is 18.9 Å². The van der Waals surface area contributed by atoms with E-state index >= 15 is 4.39 Å². The summed E-state index contributed by atoms with van der Waals surface area (Å²) in [5.41, 5.74) is 4.21. The lowest BCUT2D eigenvalue weighted by Crippen LogP contribution is -2.64. The van der Waals surface area contributed by atoms with Gasteiger partial charge < -0.3 is 21.1 Å². The van der Waals surface area contributed by atoms with E-state index in [1.807, 2.05) is 0 Å². The molecule has 3 aromatic heterocycles. The van der Waals surface area contributed by atoms with Crippen LogP contribution in [0.5, 0.6) is 5.88 Å². The van der Waals surface area contributed by atoms with E-state index < -0.39 is 29.0 Å². The highest BCUT2D eigenvalue weighted by Crippen LogP contribution is 2.34. The number of piperidine rings is 2. The first-order valence-electron chi connectivity index (χ1n) is 11.8. The zero-order valence-corrected chi connectivity index (χ0v) is 19.6. The van der Waals surface area contributed by atoms with Gasteiger partial charge in [-0.2, -0.15) is 4.39 Å². The number of hydrogen-bond donors (Lipinski definition) is 3. The summed E-state index contributed by atoms with van der Waals surface area (Å²) in [5, 5.41) is 6.39. The number of nitrogens with zero attached hydrogens (tertiary/aromatic N) is 3. The second-order valence-electron chi connectivity index (χ2n) is 9.13. The molecule has 5 heterocycles. The molecular formula is C25H25F3N6O2. The van der Waals surface area contributed by atoms with Crippen LogP contribution in [-0.2, 0) is 0 Å². The number of carbonyl (C=O) groups is 1. The van der Waals surface area contributed by atoms with Gasteiger partial charge in [-0.25, -0.2) is 23.7 Å². The molecule has 0 atom stereocenters. The zero-order chi connectivity index (χ0) is 25.4. The van der Waals surface area contributed by atoms with Gasteiger partial charge >= 0.3 is 0 Å². The van der Waals surface area contributed by atoms with Crippen molar-refractivity contribution >= 4 is 11.6 Å². The summed E-state index contributed by atoms with van der Waals surface area (Å²) in [4.78, 5) is 25.3. The maximum Gasteiger partial charge on any atom is 0.254 e. The van der Waals surface area contributed by atoms with Crippen LogP contribution in [0.1, 0.15) is 43.0 Å². The van der Waals surface area contributed by atoms with E-state index in [1.54, 1.807) is 6.92 Å². The third-order valence-electron chi connectivity index (χ3n) is 6.76. The number of nitrogens with one attached hydrogen (secondary N) is 2. The molecule has 0 radical (unpaired) electrons. The Morgan fingerprint density at radius 1 is 1.19 bits per heavy atom. The fourth-order valence-electron chi connectivity index (χ4n) is 4.77. The number of carbonyl (C=O) groups excluding carboxylic acids is 1. The molecule has 11 heteroatoms. The Kier molecular flexibility index (Phi) is 6.25. The number of ether oxygens (including phenoxy) is 1. The third-order valence-corrected chi connectivity index (χ3v) is 6.76. The van der Waals surface area contributed by atoms with Crippen molar-refractivity contribution in [3.63, 3.8) is 0 Å². The summed E-state index contributed by atoms with van der Waals surface area (Å²) in [7, 11) is 0. The number of rotatable bonds is 6. The summed E-state index contributed by atoms with van der Waals surface area (Å²) in [6.45, 7) is 2.51. The van der Waals surface area contributed by atoms with Crippen LogP contribution in [0.25, 0.3) is 22.6 Å². The number of nitrogens with two attached hydrogens (primary N) is 1. The van der Waals surface area contributed by atoms with Gasteiger partial charge in [0, 0.05) is 24.3 Å². The number of pyridine rings is 3. The summed E-state index contributed by atoms with van der Waals surface area (Å²) >= 11 is 0. The lowest BCUT2D eigenvalue weighted by Gasteiger charge is -2.47. The van der Waals surface area contributed by atoms with Crippen LogP contribution in [0, 0.1) is 17.6 Å². The molecular weight excluding hydrogens is 473 g/mol. The van der Waals surface area contributed by atoms with Crippen molar-refractivity contribution in [2.75, 3.05) is 18.9 Å². The second kappa shape index (κ2) is 9.38. The van der Waals surface area contributed by atoms with Crippen LogP contribution in [-0.4, -0.2) is 45.6 Å². The molecule has 6 rings (SSSR count). The molecule has 3 aliphatic rings. The summed E-state index contributed by atoms with van der Waals surface area (Å²) in [5.74, 6) is -3.55. The van der Waals surface area contributed by atoms with Gasteiger partial charge in [0.2, 0.25) is 11.8 Å². The van der Waals surface area contributed by atoms with E-state index in [4.69, 9.17) is 10.5 Å². The van der Waals surface area contributed by atoms with Gasteiger partial charge in [0.15, 0.2) is 11.6 Å². The van der Waals surface area contributed by atoms with Crippen molar-refractivity contribution in [2.45, 2.75) is 44.2 Å². The smallest absolute Gasteiger partial charge is 0.254 e. The van der Waals surface area contributed by atoms with Gasteiger partial charge in [-0.05, 0) is 56.9 Å². The zero-order valence-electron chi connectivity index (χ0n) is 19.6. The molecule has 2 saturated heterocycles. The van der Waals surface area contributed by atoms with Crippen LogP contribution in [0.3, 0.4) is 0 Å². The second-order valence-corrected chi connectivity index (χ2v) is 9.13. The predicted molar refractivity (Wildman–Crippen MR) is 127 cm³/mol. The van der Waals surface area contributed by atoms with E-state index in [1.165, 1.54) is 24.4 Å². The quantitative estimate of drug-likeness (QED) is 0.445. The van der Waals surface area contributed by atoms with Gasteiger partial charge in [-0.1, -0.05) is 0 Å². The lowest BCUT2D eigenvalue weighted by atomic mass is 9.75. The van der Waals surface area contributed by atoms with Crippen LogP contribution < -0.4 is 21.1 Å². The van der Waals surface area contributed by atoms with Crippen LogP contribution in [0.15, 0.2) is 30.5 Å². The molecule has 188 valence electrons. The molecule has 36 heavy (non-hydrogen) atoms. The highest BCUT2D eigenvalue weighted by molar-refractivity contribution is 5.97. The Morgan fingerprint density at radius 3 is 2.61 bits per heavy atom. The molecule has 0 unspecified atom stereocenters. The topological polar surface area (TPSA) is 115 Å². The molecule has 1 saturated carbocycles. The van der Waals surface area contributed by atoms with Gasteiger partial charge in [-0.15, -0.1) is 0 Å². The predicted octanol–water partition coefficient (Wildman–Crippen LogP) is 3.62. The fourth-order valence-corrected chi connectivity index (χ4v) is 4.77. The minimum atomic E-state index is -0.997. The Balaban J connectivity index is 1.59. The van der Waals surface area contributed by atoms with Gasteiger partial charge in [0.05, 0.1) is 34.8 Å². The number of hydrogen-bond acceptors (Lipinski definition) is 7. The molecule has 3 fully saturated rings. The average Bonchev–Trinajstić information content (AvgIpc) is 2.88. The van der Waals surface area contributed by atoms with E-state index in [2.05, 4.69) is 25.6 Å². The van der Waals surface area contributed by atoms with E-state index in [0.29, 0.717) is 12.6 Å². The Bertz CT molecular complexity index is 1310. The molecule has 1 amide bonds. The number of amides is 1. The number of fused-ring (bicyclic) bond motifs is 3. The van der Waals surface area contributed by atoms with Gasteiger partial charge in [0.25, 0.3) is 5.91 Å². The highest BCUT2D eigenvalue weighted by Gasteiger charge is 2.41. The largest absolute Gasteiger partial charge is 0.476 e. The molecule has 2 bridgehead atoms. The number of aromatic nitrogens is 3. The molecule has 2 aliphatic heterocycles. The summed E-state index contributed by atoms with van der Waals surface area (Å²) < 4.78 is 49.5. The number of nitrogen functional groups attached to an aromatic ring is 1. The van der Waals surface area contributed by atoms with Crippen molar-refractivity contribution < 1.29 is 22.7 Å². The monoisotopic (exact) mass is 498 g/mol. The van der Waals surface area contributed by atoms with Crippen molar-refractivity contribution in [2.24, 2.45) is 0 Å². The SMILES string of the molecule is CCOc1ncc(-c2cc(C(=O)NC34CCC(CC3)NC4)c(F)c(-c3ccc(N)c(F)n3)n2)cc1F. The minimum absolute atomic E-state index is 0.0630. The summed E-state index contributed by atoms with van der Waals surface area (Å²) in [6, 6.07) is 5.34. The Labute approximate surface area is 205 Å². The number of halogens is 3. The normalized spacial score (nSPS) is 20.8. The van der Waals surface area contributed by atoms with Crippen LogP contribution >= 0.6 is 0 Å². The molecule has 0 aromatic carbocycles. The Morgan fingerprint density at radius 2 is 1.97 bits per heavy atom. The van der Waals surface area contributed by atoms with E-state index in [9.17, 15) is 13.6 Å². The first-order valence-corrected chi connectivity index (χ1v) is 11.8. The molecule has 0 spiro atoms.